The number of carbonyl (C=O) groups excluding carboxylic acids is 1. The first-order valence-corrected chi connectivity index (χ1v) is 6.66. The summed E-state index contributed by atoms with van der Waals surface area (Å²) in [5.74, 6) is -1.46. The lowest BCUT2D eigenvalue weighted by atomic mass is 10.2. The molecule has 0 unspecified atom stereocenters. The Labute approximate surface area is 136 Å². The minimum atomic E-state index is -0.693. The summed E-state index contributed by atoms with van der Waals surface area (Å²) in [4.78, 5) is 12.2. The molecule has 0 atom stereocenters. The lowest BCUT2D eigenvalue weighted by molar-refractivity contribution is 0.0735. The maximum atomic E-state index is 12.9. The molecular weight excluding hydrogens is 313 g/mol. The highest BCUT2D eigenvalue weighted by Gasteiger charge is 2.14. The number of nitrogens with zero attached hydrogens (tertiary/aromatic N) is 2. The molecule has 0 fully saturated rings. The lowest BCUT2D eigenvalue weighted by Crippen LogP contribution is -2.22. The standard InChI is InChI=1S/C16H12FN5O2/c17-10-5-7-11(8-6-10)24-16(23)12-3-1-2-4-13(12)21-22-14(9-18)15(19)20/h1-8,21H,(H3,19,20)/b22-14+. The Morgan fingerprint density at radius 1 is 1.25 bits per heavy atom. The Balaban J connectivity index is 2.22. The molecule has 2 aromatic rings. The monoisotopic (exact) mass is 325 g/mol. The van der Waals surface area contributed by atoms with E-state index in [1.54, 1.807) is 24.3 Å². The molecule has 0 spiro atoms. The normalized spacial score (nSPS) is 10.6. The number of esters is 1. The molecular formula is C16H12FN5O2. The molecule has 4 N–H and O–H groups in total. The number of amidine groups is 1. The molecule has 0 saturated heterocycles. The number of nitrogens with one attached hydrogen (secondary N) is 2. The van der Waals surface area contributed by atoms with Crippen LogP contribution in [0.2, 0.25) is 0 Å². The van der Waals surface area contributed by atoms with Crippen LogP contribution in [0.15, 0.2) is 53.6 Å². The summed E-state index contributed by atoms with van der Waals surface area (Å²) in [7, 11) is 0. The maximum absolute atomic E-state index is 12.9. The molecule has 2 rings (SSSR count). The van der Waals surface area contributed by atoms with Crippen molar-refractivity contribution in [1.82, 2.24) is 0 Å². The van der Waals surface area contributed by atoms with Gasteiger partial charge < -0.3 is 10.5 Å². The number of nitrogens with two attached hydrogens (primary N) is 1. The van der Waals surface area contributed by atoms with E-state index < -0.39 is 17.6 Å². The van der Waals surface area contributed by atoms with Gasteiger partial charge in [0, 0.05) is 0 Å². The molecule has 0 heterocycles. The maximum Gasteiger partial charge on any atom is 0.345 e. The summed E-state index contributed by atoms with van der Waals surface area (Å²) >= 11 is 0. The van der Waals surface area contributed by atoms with E-state index in [-0.39, 0.29) is 22.7 Å². The van der Waals surface area contributed by atoms with Crippen molar-refractivity contribution in [3.63, 3.8) is 0 Å². The van der Waals surface area contributed by atoms with Crippen LogP contribution in [0.1, 0.15) is 10.4 Å². The van der Waals surface area contributed by atoms with Crippen molar-refractivity contribution >= 4 is 23.2 Å². The summed E-state index contributed by atoms with van der Waals surface area (Å²) in [5.41, 5.74) is 7.78. The highest BCUT2D eigenvalue weighted by atomic mass is 19.1. The molecule has 0 amide bonds. The van der Waals surface area contributed by atoms with Crippen LogP contribution in [0.4, 0.5) is 10.1 Å². The minimum Gasteiger partial charge on any atom is -0.423 e. The van der Waals surface area contributed by atoms with Gasteiger partial charge >= 0.3 is 5.97 Å². The first kappa shape index (κ1) is 16.6. The number of hydrazone groups is 1. The number of benzene rings is 2. The Morgan fingerprint density at radius 3 is 2.54 bits per heavy atom. The second-order valence-electron chi connectivity index (χ2n) is 4.49. The second kappa shape index (κ2) is 7.51. The van der Waals surface area contributed by atoms with E-state index >= 15 is 0 Å². The molecule has 24 heavy (non-hydrogen) atoms. The van der Waals surface area contributed by atoms with E-state index in [0.717, 1.165) is 0 Å². The highest BCUT2D eigenvalue weighted by Crippen LogP contribution is 2.19. The molecule has 0 aliphatic carbocycles. The smallest absolute Gasteiger partial charge is 0.345 e. The van der Waals surface area contributed by atoms with Gasteiger partial charge in [-0.3, -0.25) is 10.8 Å². The summed E-state index contributed by atoms with van der Waals surface area (Å²) in [5, 5.41) is 19.7. The molecule has 0 aliphatic rings. The fourth-order valence-corrected chi connectivity index (χ4v) is 1.68. The largest absolute Gasteiger partial charge is 0.423 e. The van der Waals surface area contributed by atoms with Crippen molar-refractivity contribution < 1.29 is 13.9 Å². The number of carbonyl (C=O) groups is 1. The third-order valence-electron chi connectivity index (χ3n) is 2.82. The Morgan fingerprint density at radius 2 is 1.92 bits per heavy atom. The average Bonchev–Trinajstić information content (AvgIpc) is 2.57. The van der Waals surface area contributed by atoms with Gasteiger partial charge in [0.15, 0.2) is 5.84 Å². The zero-order valence-electron chi connectivity index (χ0n) is 12.3. The minimum absolute atomic E-state index is 0.145. The van der Waals surface area contributed by atoms with Crippen LogP contribution in [-0.2, 0) is 0 Å². The third-order valence-corrected chi connectivity index (χ3v) is 2.82. The number of anilines is 1. The van der Waals surface area contributed by atoms with Crippen molar-refractivity contribution in [1.29, 1.82) is 10.7 Å². The molecule has 0 aromatic heterocycles. The number of rotatable bonds is 5. The summed E-state index contributed by atoms with van der Waals surface area (Å²) in [6.45, 7) is 0. The SMILES string of the molecule is N#C/C(=N\Nc1ccccc1C(=O)Oc1ccc(F)cc1)C(=N)N. The highest BCUT2D eigenvalue weighted by molar-refractivity contribution is 6.45. The van der Waals surface area contributed by atoms with Gasteiger partial charge in [-0.1, -0.05) is 12.1 Å². The van der Waals surface area contributed by atoms with Crippen LogP contribution in [0, 0.1) is 22.6 Å². The number of halogens is 1. The number of nitriles is 1. The van der Waals surface area contributed by atoms with Crippen LogP contribution in [0.25, 0.3) is 0 Å². The van der Waals surface area contributed by atoms with E-state index in [9.17, 15) is 9.18 Å². The van der Waals surface area contributed by atoms with Gasteiger partial charge in [0.25, 0.3) is 0 Å². The van der Waals surface area contributed by atoms with Crippen molar-refractivity contribution in [2.24, 2.45) is 10.8 Å². The third kappa shape index (κ3) is 4.14. The fourth-order valence-electron chi connectivity index (χ4n) is 1.68. The van der Waals surface area contributed by atoms with Gasteiger partial charge in [-0.15, -0.1) is 0 Å². The summed E-state index contributed by atoms with van der Waals surface area (Å²) in [6, 6.07) is 12.9. The number of para-hydroxylation sites is 1. The van der Waals surface area contributed by atoms with E-state index in [4.69, 9.17) is 21.1 Å². The number of ether oxygens (including phenoxy) is 1. The quantitative estimate of drug-likeness (QED) is 0.256. The van der Waals surface area contributed by atoms with Crippen LogP contribution >= 0.6 is 0 Å². The summed E-state index contributed by atoms with van der Waals surface area (Å²) in [6.07, 6.45) is 0. The lowest BCUT2D eigenvalue weighted by Gasteiger charge is -2.09. The zero-order valence-corrected chi connectivity index (χ0v) is 12.3. The second-order valence-corrected chi connectivity index (χ2v) is 4.49. The Hall–Kier alpha value is -3.73. The van der Waals surface area contributed by atoms with Crippen molar-refractivity contribution in [3.8, 4) is 11.8 Å². The van der Waals surface area contributed by atoms with E-state index in [1.165, 1.54) is 30.3 Å². The van der Waals surface area contributed by atoms with Gasteiger partial charge in [0.05, 0.1) is 11.3 Å². The van der Waals surface area contributed by atoms with Crippen LogP contribution in [0.5, 0.6) is 5.75 Å². The predicted octanol–water partition coefficient (Wildman–Crippen LogP) is 2.27. The first-order valence-electron chi connectivity index (χ1n) is 6.66. The molecule has 120 valence electrons. The van der Waals surface area contributed by atoms with Crippen molar-refractivity contribution in [2.75, 3.05) is 5.43 Å². The number of hydrogen-bond acceptors (Lipinski definition) is 6. The van der Waals surface area contributed by atoms with Gasteiger partial charge in [-0.05, 0) is 36.4 Å². The zero-order chi connectivity index (χ0) is 17.5. The first-order chi connectivity index (χ1) is 11.5. The van der Waals surface area contributed by atoms with E-state index in [1.807, 2.05) is 0 Å². The van der Waals surface area contributed by atoms with Gasteiger partial charge in [0.2, 0.25) is 5.71 Å². The van der Waals surface area contributed by atoms with Crippen LogP contribution in [-0.4, -0.2) is 17.5 Å². The molecule has 0 bridgehead atoms. The van der Waals surface area contributed by atoms with Crippen LogP contribution < -0.4 is 15.9 Å². The Kier molecular flexibility index (Phi) is 5.20. The molecule has 0 aliphatic heterocycles. The van der Waals surface area contributed by atoms with E-state index in [0.29, 0.717) is 0 Å². The van der Waals surface area contributed by atoms with Gasteiger partial charge in [-0.25, -0.2) is 9.18 Å². The van der Waals surface area contributed by atoms with E-state index in [2.05, 4.69) is 10.5 Å². The fraction of sp³-hybridized carbons (Fsp3) is 0. The molecule has 7 nitrogen and oxygen atoms in total. The van der Waals surface area contributed by atoms with Crippen LogP contribution in [0.3, 0.4) is 0 Å². The van der Waals surface area contributed by atoms with Crippen molar-refractivity contribution in [3.05, 3.63) is 59.9 Å². The molecule has 2 aromatic carbocycles. The number of hydrogen-bond donors (Lipinski definition) is 3. The summed E-state index contributed by atoms with van der Waals surface area (Å²) < 4.78 is 18.0. The Bertz CT molecular complexity index is 840. The topological polar surface area (TPSA) is 124 Å². The van der Waals surface area contributed by atoms with Gasteiger partial charge in [-0.2, -0.15) is 10.4 Å². The molecule has 0 radical (unpaired) electrons. The molecule has 8 heteroatoms. The average molecular weight is 325 g/mol. The molecule has 0 saturated carbocycles. The van der Waals surface area contributed by atoms with Gasteiger partial charge in [0.1, 0.15) is 17.6 Å². The van der Waals surface area contributed by atoms with Crippen molar-refractivity contribution in [2.45, 2.75) is 0 Å². The predicted molar refractivity (Wildman–Crippen MR) is 86.4 cm³/mol.